The molecular formula is C17H20N2O2. The number of aromatic hydroxyl groups is 1. The molecule has 0 spiro atoms. The van der Waals surface area contributed by atoms with E-state index in [0.29, 0.717) is 6.54 Å². The van der Waals surface area contributed by atoms with Gasteiger partial charge in [-0.3, -0.25) is 4.79 Å². The predicted octanol–water partition coefficient (Wildman–Crippen LogP) is 2.68. The van der Waals surface area contributed by atoms with Gasteiger partial charge in [0.25, 0.3) is 5.91 Å². The Hall–Kier alpha value is -2.49. The normalized spacial score (nSPS) is 11.1. The van der Waals surface area contributed by atoms with Crippen LogP contribution < -0.4 is 11.1 Å². The van der Waals surface area contributed by atoms with Crippen LogP contribution in [0.4, 0.5) is 5.69 Å². The largest absolute Gasteiger partial charge is 0.505 e. The number of benzene rings is 2. The number of para-hydroxylation sites is 1. The highest BCUT2D eigenvalue weighted by Crippen LogP contribution is 2.25. The molecule has 0 aliphatic heterocycles. The van der Waals surface area contributed by atoms with Crippen molar-refractivity contribution in [2.45, 2.75) is 19.3 Å². The van der Waals surface area contributed by atoms with Crippen molar-refractivity contribution in [3.63, 3.8) is 0 Å². The monoisotopic (exact) mass is 284 g/mol. The minimum Gasteiger partial charge on any atom is -0.505 e. The zero-order valence-corrected chi connectivity index (χ0v) is 12.3. The van der Waals surface area contributed by atoms with Crippen LogP contribution in [0.5, 0.6) is 5.75 Å². The molecule has 1 amide bonds. The molecule has 0 radical (unpaired) electrons. The van der Waals surface area contributed by atoms with Crippen LogP contribution in [-0.4, -0.2) is 17.6 Å². The Kier molecular flexibility index (Phi) is 4.17. The highest BCUT2D eigenvalue weighted by Gasteiger charge is 2.22. The first-order chi connectivity index (χ1) is 9.92. The summed E-state index contributed by atoms with van der Waals surface area (Å²) in [6, 6.07) is 14.7. The van der Waals surface area contributed by atoms with Crippen LogP contribution in [0.25, 0.3) is 0 Å². The minimum atomic E-state index is -0.330. The summed E-state index contributed by atoms with van der Waals surface area (Å²) in [7, 11) is 0. The quantitative estimate of drug-likeness (QED) is 0.597. The Morgan fingerprint density at radius 2 is 1.81 bits per heavy atom. The van der Waals surface area contributed by atoms with Crippen LogP contribution in [0.3, 0.4) is 0 Å². The fourth-order valence-corrected chi connectivity index (χ4v) is 2.13. The highest BCUT2D eigenvalue weighted by molar-refractivity contribution is 5.98. The third-order valence-corrected chi connectivity index (χ3v) is 3.56. The molecule has 0 saturated heterocycles. The number of hydrogen-bond acceptors (Lipinski definition) is 3. The molecule has 4 heteroatoms. The summed E-state index contributed by atoms with van der Waals surface area (Å²) in [5, 5.41) is 12.7. The van der Waals surface area contributed by atoms with E-state index in [1.165, 1.54) is 0 Å². The van der Waals surface area contributed by atoms with Gasteiger partial charge in [-0.1, -0.05) is 50.2 Å². The molecule has 2 aromatic carbocycles. The number of carbonyl (C=O) groups is 1. The Morgan fingerprint density at radius 3 is 2.48 bits per heavy atom. The molecule has 0 saturated carbocycles. The van der Waals surface area contributed by atoms with Gasteiger partial charge in [-0.05, 0) is 17.7 Å². The third kappa shape index (κ3) is 3.34. The smallest absolute Gasteiger partial charge is 0.255 e. The van der Waals surface area contributed by atoms with Gasteiger partial charge in [0.05, 0.1) is 11.3 Å². The summed E-state index contributed by atoms with van der Waals surface area (Å²) in [6.07, 6.45) is 0. The van der Waals surface area contributed by atoms with Crippen molar-refractivity contribution in [3.8, 4) is 5.75 Å². The number of nitrogens with two attached hydrogens (primary N) is 1. The Morgan fingerprint density at radius 1 is 1.14 bits per heavy atom. The molecular weight excluding hydrogens is 264 g/mol. The lowest BCUT2D eigenvalue weighted by Gasteiger charge is -2.25. The van der Waals surface area contributed by atoms with Gasteiger partial charge in [-0.25, -0.2) is 0 Å². The number of carbonyl (C=O) groups excluding carboxylic acids is 1. The molecule has 0 unspecified atom stereocenters. The van der Waals surface area contributed by atoms with Crippen molar-refractivity contribution in [3.05, 3.63) is 59.7 Å². The van der Waals surface area contributed by atoms with E-state index in [9.17, 15) is 9.90 Å². The van der Waals surface area contributed by atoms with E-state index in [0.717, 1.165) is 5.56 Å². The summed E-state index contributed by atoms with van der Waals surface area (Å²) in [6.45, 7) is 4.58. The second kappa shape index (κ2) is 5.87. The first-order valence-corrected chi connectivity index (χ1v) is 6.83. The topological polar surface area (TPSA) is 75.4 Å². The molecule has 2 rings (SSSR count). The van der Waals surface area contributed by atoms with E-state index < -0.39 is 0 Å². The van der Waals surface area contributed by atoms with Crippen LogP contribution in [0.1, 0.15) is 29.8 Å². The number of rotatable bonds is 4. The fraction of sp³-hybridized carbons (Fsp3) is 0.235. The van der Waals surface area contributed by atoms with E-state index >= 15 is 0 Å². The lowest BCUT2D eigenvalue weighted by Crippen LogP contribution is -2.36. The zero-order chi connectivity index (χ0) is 15.5. The molecule has 0 heterocycles. The van der Waals surface area contributed by atoms with Gasteiger partial charge in [0.2, 0.25) is 0 Å². The van der Waals surface area contributed by atoms with E-state index in [4.69, 9.17) is 5.73 Å². The van der Waals surface area contributed by atoms with Crippen LogP contribution in [-0.2, 0) is 5.41 Å². The first kappa shape index (κ1) is 14.9. The van der Waals surface area contributed by atoms with Gasteiger partial charge in [0.1, 0.15) is 0 Å². The molecule has 0 fully saturated rings. The molecule has 4 N–H and O–H groups in total. The number of hydrogen-bond donors (Lipinski definition) is 3. The van der Waals surface area contributed by atoms with Crippen LogP contribution >= 0.6 is 0 Å². The number of phenolic OH excluding ortho intramolecular Hbond substituents is 1. The molecule has 0 bridgehead atoms. The number of anilines is 1. The SMILES string of the molecule is CC(C)(CNC(=O)c1cccc(N)c1O)c1ccccc1. The summed E-state index contributed by atoms with van der Waals surface area (Å²) >= 11 is 0. The molecule has 0 aliphatic carbocycles. The second-order valence-corrected chi connectivity index (χ2v) is 5.68. The summed E-state index contributed by atoms with van der Waals surface area (Å²) in [4.78, 5) is 12.2. The zero-order valence-electron chi connectivity index (χ0n) is 12.3. The predicted molar refractivity (Wildman–Crippen MR) is 84.3 cm³/mol. The summed E-state index contributed by atoms with van der Waals surface area (Å²) in [5.74, 6) is -0.503. The maximum atomic E-state index is 12.2. The van der Waals surface area contributed by atoms with Crippen molar-refractivity contribution in [1.29, 1.82) is 0 Å². The van der Waals surface area contributed by atoms with Crippen LogP contribution in [0.2, 0.25) is 0 Å². The number of phenols is 1. The van der Waals surface area contributed by atoms with Gasteiger partial charge in [-0.15, -0.1) is 0 Å². The lowest BCUT2D eigenvalue weighted by atomic mass is 9.84. The molecule has 2 aromatic rings. The second-order valence-electron chi connectivity index (χ2n) is 5.68. The average Bonchev–Trinajstić information content (AvgIpc) is 2.49. The van der Waals surface area contributed by atoms with E-state index in [1.807, 2.05) is 30.3 Å². The minimum absolute atomic E-state index is 0.174. The van der Waals surface area contributed by atoms with Gasteiger partial charge < -0.3 is 16.2 Å². The molecule has 0 aliphatic rings. The van der Waals surface area contributed by atoms with E-state index in [-0.39, 0.29) is 28.3 Å². The molecule has 21 heavy (non-hydrogen) atoms. The summed E-state index contributed by atoms with van der Waals surface area (Å²) in [5.41, 5.74) is 6.93. The Labute approximate surface area is 124 Å². The number of amides is 1. The third-order valence-electron chi connectivity index (χ3n) is 3.56. The lowest BCUT2D eigenvalue weighted by molar-refractivity contribution is 0.0943. The van der Waals surface area contributed by atoms with Gasteiger partial charge >= 0.3 is 0 Å². The number of nitrogen functional groups attached to an aromatic ring is 1. The highest BCUT2D eigenvalue weighted by atomic mass is 16.3. The Balaban J connectivity index is 2.09. The van der Waals surface area contributed by atoms with Crippen molar-refractivity contribution >= 4 is 11.6 Å². The van der Waals surface area contributed by atoms with Gasteiger partial charge in [-0.2, -0.15) is 0 Å². The van der Waals surface area contributed by atoms with Crippen molar-refractivity contribution < 1.29 is 9.90 Å². The van der Waals surface area contributed by atoms with Crippen molar-refractivity contribution in [2.75, 3.05) is 12.3 Å². The van der Waals surface area contributed by atoms with Crippen LogP contribution in [0, 0.1) is 0 Å². The summed E-state index contributed by atoms with van der Waals surface area (Å²) < 4.78 is 0. The maximum absolute atomic E-state index is 12.2. The Bertz CT molecular complexity index is 636. The van der Waals surface area contributed by atoms with Gasteiger partial charge in [0, 0.05) is 12.0 Å². The van der Waals surface area contributed by atoms with Crippen molar-refractivity contribution in [2.24, 2.45) is 0 Å². The fourth-order valence-electron chi connectivity index (χ4n) is 2.13. The molecule has 0 aromatic heterocycles. The molecule has 4 nitrogen and oxygen atoms in total. The number of nitrogens with one attached hydrogen (secondary N) is 1. The van der Waals surface area contributed by atoms with E-state index in [1.54, 1.807) is 18.2 Å². The van der Waals surface area contributed by atoms with Gasteiger partial charge in [0.15, 0.2) is 5.75 Å². The maximum Gasteiger partial charge on any atom is 0.255 e. The van der Waals surface area contributed by atoms with Crippen molar-refractivity contribution in [1.82, 2.24) is 5.32 Å². The standard InChI is InChI=1S/C17H20N2O2/c1-17(2,12-7-4-3-5-8-12)11-19-16(21)13-9-6-10-14(18)15(13)20/h3-10,20H,11,18H2,1-2H3,(H,19,21). The molecule has 0 atom stereocenters. The van der Waals surface area contributed by atoms with Crippen LogP contribution in [0.15, 0.2) is 48.5 Å². The first-order valence-electron chi connectivity index (χ1n) is 6.83. The molecule has 110 valence electrons. The van der Waals surface area contributed by atoms with E-state index in [2.05, 4.69) is 19.2 Å². The average molecular weight is 284 g/mol.